The van der Waals surface area contributed by atoms with Gasteiger partial charge in [0.2, 0.25) is 0 Å². The molecule has 0 amide bonds. The van der Waals surface area contributed by atoms with E-state index in [0.717, 1.165) is 18.8 Å². The molecule has 2 nitrogen and oxygen atoms in total. The van der Waals surface area contributed by atoms with Gasteiger partial charge in [-0.1, -0.05) is 38.2 Å². The summed E-state index contributed by atoms with van der Waals surface area (Å²) < 4.78 is 0. The molecule has 1 heterocycles. The smallest absolute Gasteiger partial charge is 0.0678 e. The SMILES string of the molecule is CC1CCc2c(N=CCC3CCCCC3)cccc2N1C. The average molecular weight is 284 g/mol. The minimum absolute atomic E-state index is 0.638. The Morgan fingerprint density at radius 2 is 2.00 bits per heavy atom. The van der Waals surface area contributed by atoms with E-state index < -0.39 is 0 Å². The molecule has 1 fully saturated rings. The van der Waals surface area contributed by atoms with Crippen molar-refractivity contribution in [3.05, 3.63) is 23.8 Å². The van der Waals surface area contributed by atoms with E-state index in [4.69, 9.17) is 4.99 Å². The summed E-state index contributed by atoms with van der Waals surface area (Å²) in [4.78, 5) is 7.22. The zero-order valence-electron chi connectivity index (χ0n) is 13.5. The van der Waals surface area contributed by atoms with Gasteiger partial charge in [-0.05, 0) is 44.2 Å². The summed E-state index contributed by atoms with van der Waals surface area (Å²) in [6.45, 7) is 2.31. The van der Waals surface area contributed by atoms with Crippen LogP contribution in [0.15, 0.2) is 23.2 Å². The van der Waals surface area contributed by atoms with Crippen molar-refractivity contribution in [3.63, 3.8) is 0 Å². The fourth-order valence-electron chi connectivity index (χ4n) is 3.78. The Morgan fingerprint density at radius 3 is 2.81 bits per heavy atom. The monoisotopic (exact) mass is 284 g/mol. The molecule has 1 aliphatic carbocycles. The lowest BCUT2D eigenvalue weighted by Crippen LogP contribution is -2.33. The highest BCUT2D eigenvalue weighted by molar-refractivity contribution is 5.71. The average Bonchev–Trinajstić information content (AvgIpc) is 2.52. The second-order valence-electron chi connectivity index (χ2n) is 6.82. The van der Waals surface area contributed by atoms with Gasteiger partial charge in [0, 0.05) is 30.6 Å². The molecule has 0 saturated heterocycles. The van der Waals surface area contributed by atoms with Gasteiger partial charge in [0.05, 0.1) is 5.69 Å². The van der Waals surface area contributed by atoms with Gasteiger partial charge in [-0.15, -0.1) is 0 Å². The van der Waals surface area contributed by atoms with Crippen molar-refractivity contribution in [2.45, 2.75) is 64.3 Å². The first-order chi connectivity index (χ1) is 10.3. The van der Waals surface area contributed by atoms with Gasteiger partial charge in [-0.25, -0.2) is 0 Å². The molecule has 3 rings (SSSR count). The molecule has 1 aromatic carbocycles. The molecule has 1 aliphatic heterocycles. The van der Waals surface area contributed by atoms with Crippen LogP contribution < -0.4 is 4.90 Å². The summed E-state index contributed by atoms with van der Waals surface area (Å²) in [7, 11) is 2.21. The lowest BCUT2D eigenvalue weighted by atomic mass is 9.87. The molecule has 0 radical (unpaired) electrons. The Balaban J connectivity index is 1.71. The van der Waals surface area contributed by atoms with Gasteiger partial charge < -0.3 is 4.90 Å². The number of anilines is 1. The summed E-state index contributed by atoms with van der Waals surface area (Å²) in [5.74, 6) is 0.879. The number of rotatable bonds is 3. The van der Waals surface area contributed by atoms with Crippen molar-refractivity contribution in [1.82, 2.24) is 0 Å². The van der Waals surface area contributed by atoms with E-state index in [1.165, 1.54) is 55.5 Å². The Bertz CT molecular complexity index is 500. The predicted molar refractivity (Wildman–Crippen MR) is 92.0 cm³/mol. The molecule has 0 bridgehead atoms. The lowest BCUT2D eigenvalue weighted by molar-refractivity contribution is 0.370. The van der Waals surface area contributed by atoms with E-state index in [1.54, 1.807) is 0 Å². The fraction of sp³-hybridized carbons (Fsp3) is 0.632. The summed E-state index contributed by atoms with van der Waals surface area (Å²) in [5, 5.41) is 0. The minimum atomic E-state index is 0.638. The van der Waals surface area contributed by atoms with Gasteiger partial charge in [-0.2, -0.15) is 0 Å². The van der Waals surface area contributed by atoms with E-state index in [1.807, 2.05) is 0 Å². The van der Waals surface area contributed by atoms with Gasteiger partial charge >= 0.3 is 0 Å². The first-order valence-corrected chi connectivity index (χ1v) is 8.63. The fourth-order valence-corrected chi connectivity index (χ4v) is 3.78. The highest BCUT2D eigenvalue weighted by Crippen LogP contribution is 2.35. The third kappa shape index (κ3) is 3.30. The molecule has 1 unspecified atom stereocenters. The summed E-state index contributed by atoms with van der Waals surface area (Å²) >= 11 is 0. The van der Waals surface area contributed by atoms with Crippen molar-refractivity contribution < 1.29 is 0 Å². The van der Waals surface area contributed by atoms with Crippen LogP contribution in [0.25, 0.3) is 0 Å². The molecule has 2 heteroatoms. The Hall–Kier alpha value is -1.31. The van der Waals surface area contributed by atoms with Gasteiger partial charge in [0.1, 0.15) is 0 Å². The van der Waals surface area contributed by atoms with Crippen LogP contribution in [0.3, 0.4) is 0 Å². The summed E-state index contributed by atoms with van der Waals surface area (Å²) in [5.41, 5.74) is 4.01. The predicted octanol–water partition coefficient (Wildman–Crippen LogP) is 5.13. The number of hydrogen-bond acceptors (Lipinski definition) is 2. The third-order valence-corrected chi connectivity index (χ3v) is 5.37. The molecule has 21 heavy (non-hydrogen) atoms. The number of benzene rings is 1. The molecule has 1 atom stereocenters. The van der Waals surface area contributed by atoms with Crippen LogP contribution >= 0.6 is 0 Å². The highest BCUT2D eigenvalue weighted by Gasteiger charge is 2.21. The first-order valence-electron chi connectivity index (χ1n) is 8.63. The Morgan fingerprint density at radius 1 is 1.19 bits per heavy atom. The second-order valence-corrected chi connectivity index (χ2v) is 6.82. The summed E-state index contributed by atoms with van der Waals surface area (Å²) in [6.07, 6.45) is 12.8. The Labute approximate surface area is 129 Å². The zero-order chi connectivity index (χ0) is 14.7. The van der Waals surface area contributed by atoms with Crippen molar-refractivity contribution in [2.75, 3.05) is 11.9 Å². The number of hydrogen-bond donors (Lipinski definition) is 0. The maximum absolute atomic E-state index is 4.82. The maximum Gasteiger partial charge on any atom is 0.0678 e. The van der Waals surface area contributed by atoms with Gasteiger partial charge in [0.15, 0.2) is 0 Å². The number of nitrogens with zero attached hydrogens (tertiary/aromatic N) is 2. The van der Waals surface area contributed by atoms with E-state index in [2.05, 4.69) is 43.3 Å². The van der Waals surface area contributed by atoms with Gasteiger partial charge in [-0.3, -0.25) is 4.99 Å². The summed E-state index contributed by atoms with van der Waals surface area (Å²) in [6, 6.07) is 7.21. The van der Waals surface area contributed by atoms with Crippen LogP contribution in [0, 0.1) is 5.92 Å². The van der Waals surface area contributed by atoms with Crippen molar-refractivity contribution >= 4 is 17.6 Å². The topological polar surface area (TPSA) is 15.6 Å². The molecular formula is C19H28N2. The van der Waals surface area contributed by atoms with Crippen LogP contribution in [0.5, 0.6) is 0 Å². The molecule has 1 saturated carbocycles. The van der Waals surface area contributed by atoms with Crippen LogP contribution in [0.1, 0.15) is 57.4 Å². The molecule has 114 valence electrons. The minimum Gasteiger partial charge on any atom is -0.372 e. The standard InChI is InChI=1S/C19H28N2/c1-15-11-12-17-18(9-6-10-19(17)21(15)2)20-14-13-16-7-4-3-5-8-16/h6,9-10,14-16H,3-5,7-8,11-13H2,1-2H3. The van der Waals surface area contributed by atoms with Crippen molar-refractivity contribution in [1.29, 1.82) is 0 Å². The number of aliphatic imine (C=N–C) groups is 1. The Kier molecular flexibility index (Phi) is 4.62. The van der Waals surface area contributed by atoms with Crippen LogP contribution in [-0.4, -0.2) is 19.3 Å². The van der Waals surface area contributed by atoms with Crippen molar-refractivity contribution in [2.24, 2.45) is 10.9 Å². The lowest BCUT2D eigenvalue weighted by Gasteiger charge is -2.34. The zero-order valence-corrected chi connectivity index (χ0v) is 13.5. The normalized spacial score (nSPS) is 23.5. The largest absolute Gasteiger partial charge is 0.372 e. The van der Waals surface area contributed by atoms with Crippen molar-refractivity contribution in [3.8, 4) is 0 Å². The van der Waals surface area contributed by atoms with Crippen LogP contribution in [-0.2, 0) is 6.42 Å². The molecule has 0 aromatic heterocycles. The molecular weight excluding hydrogens is 256 g/mol. The quantitative estimate of drug-likeness (QED) is 0.702. The van der Waals surface area contributed by atoms with Crippen LogP contribution in [0.4, 0.5) is 11.4 Å². The maximum atomic E-state index is 4.82. The van der Waals surface area contributed by atoms with Gasteiger partial charge in [0.25, 0.3) is 0 Å². The van der Waals surface area contributed by atoms with E-state index in [9.17, 15) is 0 Å². The first kappa shape index (κ1) is 14.6. The number of fused-ring (bicyclic) bond motifs is 1. The third-order valence-electron chi connectivity index (χ3n) is 5.37. The van der Waals surface area contributed by atoms with E-state index >= 15 is 0 Å². The molecule has 1 aromatic rings. The second kappa shape index (κ2) is 6.64. The van der Waals surface area contributed by atoms with Crippen LogP contribution in [0.2, 0.25) is 0 Å². The molecule has 0 N–H and O–H groups in total. The van der Waals surface area contributed by atoms with E-state index in [0.29, 0.717) is 6.04 Å². The highest BCUT2D eigenvalue weighted by atomic mass is 15.1. The van der Waals surface area contributed by atoms with E-state index in [-0.39, 0.29) is 0 Å². The molecule has 2 aliphatic rings. The molecule has 0 spiro atoms.